The Kier molecular flexibility index (Phi) is 3.19. The molecular formula is C18H16N2OS. The molecule has 2 aromatic carbocycles. The van der Waals surface area contributed by atoms with Gasteiger partial charge in [0.05, 0.1) is 5.56 Å². The number of rotatable bonds is 2. The van der Waals surface area contributed by atoms with Gasteiger partial charge in [-0.05, 0) is 30.2 Å². The smallest absolute Gasteiger partial charge is 0.252 e. The van der Waals surface area contributed by atoms with Crippen molar-refractivity contribution in [3.8, 4) is 0 Å². The van der Waals surface area contributed by atoms with Crippen molar-refractivity contribution in [3.63, 3.8) is 0 Å². The number of aromatic nitrogens is 1. The van der Waals surface area contributed by atoms with Gasteiger partial charge in [0.2, 0.25) is 0 Å². The molecule has 0 bridgehead atoms. The zero-order chi connectivity index (χ0) is 15.1. The van der Waals surface area contributed by atoms with Crippen LogP contribution in [0.2, 0.25) is 0 Å². The van der Waals surface area contributed by atoms with Gasteiger partial charge >= 0.3 is 0 Å². The van der Waals surface area contributed by atoms with E-state index < -0.39 is 0 Å². The standard InChI is InChI=1S/C18H16N2OS/c21-18(13-6-2-4-8-17(13)22)19-11-9-14-12-5-1-3-7-15(12)20-16(14)10-11/h1-8,11,20,22H,9-10H2,(H,19,21). The van der Waals surface area contributed by atoms with E-state index in [1.54, 1.807) is 6.07 Å². The fourth-order valence-corrected chi connectivity index (χ4v) is 3.52. The molecular weight excluding hydrogens is 292 g/mol. The number of aromatic amines is 1. The summed E-state index contributed by atoms with van der Waals surface area (Å²) in [5.41, 5.74) is 4.38. The number of hydrogen-bond acceptors (Lipinski definition) is 2. The molecule has 0 saturated heterocycles. The summed E-state index contributed by atoms with van der Waals surface area (Å²) >= 11 is 4.35. The normalized spacial score (nSPS) is 16.7. The number of fused-ring (bicyclic) bond motifs is 3. The highest BCUT2D eigenvalue weighted by Gasteiger charge is 2.26. The molecule has 1 aliphatic carbocycles. The van der Waals surface area contributed by atoms with E-state index in [9.17, 15) is 4.79 Å². The Morgan fingerprint density at radius 3 is 2.73 bits per heavy atom. The van der Waals surface area contributed by atoms with Crippen molar-refractivity contribution in [1.29, 1.82) is 0 Å². The summed E-state index contributed by atoms with van der Waals surface area (Å²) in [6.45, 7) is 0. The van der Waals surface area contributed by atoms with Gasteiger partial charge in [-0.15, -0.1) is 12.6 Å². The summed E-state index contributed by atoms with van der Waals surface area (Å²) in [4.78, 5) is 16.6. The fraction of sp³-hybridized carbons (Fsp3) is 0.167. The number of hydrogen-bond donors (Lipinski definition) is 3. The predicted octanol–water partition coefficient (Wildman–Crippen LogP) is 3.35. The van der Waals surface area contributed by atoms with Crippen LogP contribution in [-0.4, -0.2) is 16.9 Å². The molecule has 0 aliphatic heterocycles. The van der Waals surface area contributed by atoms with Crippen LogP contribution in [0.1, 0.15) is 21.6 Å². The Labute approximate surface area is 134 Å². The van der Waals surface area contributed by atoms with Crippen LogP contribution < -0.4 is 5.32 Å². The molecule has 1 aromatic heterocycles. The van der Waals surface area contributed by atoms with Crippen LogP contribution in [0.15, 0.2) is 53.4 Å². The number of para-hydroxylation sites is 1. The zero-order valence-corrected chi connectivity index (χ0v) is 12.9. The number of nitrogens with one attached hydrogen (secondary N) is 2. The Bertz CT molecular complexity index is 868. The average molecular weight is 308 g/mol. The summed E-state index contributed by atoms with van der Waals surface area (Å²) in [6.07, 6.45) is 1.73. The van der Waals surface area contributed by atoms with Gasteiger partial charge < -0.3 is 10.3 Å². The third-order valence-electron chi connectivity index (χ3n) is 4.29. The second-order valence-electron chi connectivity index (χ2n) is 5.72. The third-order valence-corrected chi connectivity index (χ3v) is 4.68. The first-order chi connectivity index (χ1) is 10.7. The highest BCUT2D eigenvalue weighted by molar-refractivity contribution is 7.80. The maximum Gasteiger partial charge on any atom is 0.252 e. The van der Waals surface area contributed by atoms with Crippen molar-refractivity contribution in [3.05, 3.63) is 65.4 Å². The van der Waals surface area contributed by atoms with Gasteiger partial charge in [0.15, 0.2) is 0 Å². The number of H-pyrrole nitrogens is 1. The predicted molar refractivity (Wildman–Crippen MR) is 90.7 cm³/mol. The minimum absolute atomic E-state index is 0.0509. The highest BCUT2D eigenvalue weighted by Crippen LogP contribution is 2.30. The second-order valence-corrected chi connectivity index (χ2v) is 6.21. The Hall–Kier alpha value is -2.20. The van der Waals surface area contributed by atoms with Crippen LogP contribution in [0.4, 0.5) is 0 Å². The van der Waals surface area contributed by atoms with Crippen LogP contribution in [0.5, 0.6) is 0 Å². The van der Waals surface area contributed by atoms with Crippen molar-refractivity contribution in [2.45, 2.75) is 23.8 Å². The summed E-state index contributed by atoms with van der Waals surface area (Å²) < 4.78 is 0. The van der Waals surface area contributed by atoms with Gasteiger partial charge in [-0.2, -0.15) is 0 Å². The fourth-order valence-electron chi connectivity index (χ4n) is 3.26. The van der Waals surface area contributed by atoms with Gasteiger partial charge in [0.25, 0.3) is 5.91 Å². The van der Waals surface area contributed by atoms with Crippen molar-refractivity contribution in [1.82, 2.24) is 10.3 Å². The molecule has 3 nitrogen and oxygen atoms in total. The molecule has 0 spiro atoms. The molecule has 2 N–H and O–H groups in total. The number of thiol groups is 1. The first-order valence-corrected chi connectivity index (χ1v) is 7.84. The molecule has 110 valence electrons. The lowest BCUT2D eigenvalue weighted by atomic mass is 10.1. The molecule has 3 aromatic rings. The van der Waals surface area contributed by atoms with E-state index in [1.165, 1.54) is 22.2 Å². The molecule has 4 heteroatoms. The quantitative estimate of drug-likeness (QED) is 0.625. The first kappa shape index (κ1) is 13.5. The summed E-state index contributed by atoms with van der Waals surface area (Å²) in [7, 11) is 0. The number of carbonyl (C=O) groups excluding carboxylic acids is 1. The molecule has 1 amide bonds. The van der Waals surface area contributed by atoms with Crippen molar-refractivity contribution >= 4 is 29.4 Å². The lowest BCUT2D eigenvalue weighted by Crippen LogP contribution is -2.35. The van der Waals surface area contributed by atoms with E-state index in [0.29, 0.717) is 10.5 Å². The largest absolute Gasteiger partial charge is 0.358 e. The maximum absolute atomic E-state index is 12.4. The van der Waals surface area contributed by atoms with Crippen LogP contribution in [0.3, 0.4) is 0 Å². The maximum atomic E-state index is 12.4. The van der Waals surface area contributed by atoms with Gasteiger partial charge in [-0.1, -0.05) is 30.3 Å². The lowest BCUT2D eigenvalue weighted by Gasteiger charge is -2.13. The summed E-state index contributed by atoms with van der Waals surface area (Å²) in [5.74, 6) is -0.0509. The van der Waals surface area contributed by atoms with Crippen LogP contribution >= 0.6 is 12.6 Å². The molecule has 1 atom stereocenters. The van der Waals surface area contributed by atoms with Crippen LogP contribution in [-0.2, 0) is 12.8 Å². The van der Waals surface area contributed by atoms with Gasteiger partial charge in [-0.3, -0.25) is 4.79 Å². The molecule has 22 heavy (non-hydrogen) atoms. The number of amides is 1. The highest BCUT2D eigenvalue weighted by atomic mass is 32.1. The molecule has 0 radical (unpaired) electrons. The molecule has 0 saturated carbocycles. The van der Waals surface area contributed by atoms with Gasteiger partial charge in [0.1, 0.15) is 0 Å². The number of carbonyl (C=O) groups is 1. The topological polar surface area (TPSA) is 44.9 Å². The molecule has 1 unspecified atom stereocenters. The van der Waals surface area contributed by atoms with E-state index >= 15 is 0 Å². The monoisotopic (exact) mass is 308 g/mol. The van der Waals surface area contributed by atoms with Crippen LogP contribution in [0.25, 0.3) is 10.9 Å². The minimum Gasteiger partial charge on any atom is -0.358 e. The van der Waals surface area contributed by atoms with Gasteiger partial charge in [0, 0.05) is 34.0 Å². The van der Waals surface area contributed by atoms with Crippen molar-refractivity contribution in [2.24, 2.45) is 0 Å². The van der Waals surface area contributed by atoms with Crippen LogP contribution in [0, 0.1) is 0 Å². The Morgan fingerprint density at radius 2 is 1.86 bits per heavy atom. The first-order valence-electron chi connectivity index (χ1n) is 7.39. The Balaban J connectivity index is 1.54. The SMILES string of the molecule is O=C(NC1Cc2[nH]c3ccccc3c2C1)c1ccccc1S. The van der Waals surface area contributed by atoms with E-state index in [-0.39, 0.29) is 11.9 Å². The van der Waals surface area contributed by atoms with Crippen molar-refractivity contribution < 1.29 is 4.79 Å². The average Bonchev–Trinajstić information content (AvgIpc) is 3.04. The molecule has 1 heterocycles. The van der Waals surface area contributed by atoms with Crippen molar-refractivity contribution in [2.75, 3.05) is 0 Å². The lowest BCUT2D eigenvalue weighted by molar-refractivity contribution is 0.0935. The van der Waals surface area contributed by atoms with E-state index in [0.717, 1.165) is 12.8 Å². The molecule has 1 aliphatic rings. The van der Waals surface area contributed by atoms with E-state index in [1.807, 2.05) is 24.3 Å². The van der Waals surface area contributed by atoms with E-state index in [4.69, 9.17) is 0 Å². The molecule has 0 fully saturated rings. The summed E-state index contributed by atoms with van der Waals surface area (Å²) in [5, 5.41) is 4.39. The second kappa shape index (κ2) is 5.21. The zero-order valence-electron chi connectivity index (χ0n) is 12.0. The molecule has 4 rings (SSSR count). The Morgan fingerprint density at radius 1 is 1.09 bits per heavy atom. The van der Waals surface area contributed by atoms with Gasteiger partial charge in [-0.25, -0.2) is 0 Å². The third kappa shape index (κ3) is 2.20. The minimum atomic E-state index is -0.0509. The summed E-state index contributed by atoms with van der Waals surface area (Å²) in [6, 6.07) is 15.9. The number of benzene rings is 2. The van der Waals surface area contributed by atoms with E-state index in [2.05, 4.69) is 41.1 Å².